The first-order valence-electron chi connectivity index (χ1n) is 6.53. The maximum atomic E-state index is 11.4. The molecule has 0 fully saturated rings. The normalized spacial score (nSPS) is 12.1. The molecule has 1 rings (SSSR count). The first-order valence-corrected chi connectivity index (χ1v) is 6.53. The zero-order chi connectivity index (χ0) is 14.4. The van der Waals surface area contributed by atoms with Crippen LogP contribution in [0.4, 0.5) is 0 Å². The Morgan fingerprint density at radius 3 is 2.37 bits per heavy atom. The predicted molar refractivity (Wildman–Crippen MR) is 75.4 cm³/mol. The third-order valence-electron chi connectivity index (χ3n) is 3.11. The monoisotopic (exact) mass is 265 g/mol. The standard InChI is InChI=1S/C15H23NO3/c1-5-19-15(17)9-12(16)8-14-10(2)6-13(18-4)7-11(14)3/h6-7,12H,5,8-9,16H2,1-4H3. The molecule has 4 heteroatoms. The number of carbonyl (C=O) groups is 1. The second-order valence-corrected chi connectivity index (χ2v) is 4.71. The van der Waals surface area contributed by atoms with Crippen LogP contribution >= 0.6 is 0 Å². The van der Waals surface area contributed by atoms with Gasteiger partial charge in [0.2, 0.25) is 0 Å². The summed E-state index contributed by atoms with van der Waals surface area (Å²) >= 11 is 0. The van der Waals surface area contributed by atoms with Crippen LogP contribution in [-0.2, 0) is 16.0 Å². The minimum atomic E-state index is -0.237. The van der Waals surface area contributed by atoms with Gasteiger partial charge in [0.25, 0.3) is 0 Å². The molecule has 0 saturated carbocycles. The summed E-state index contributed by atoms with van der Waals surface area (Å²) in [6, 6.07) is 3.75. The maximum Gasteiger partial charge on any atom is 0.307 e. The van der Waals surface area contributed by atoms with Gasteiger partial charge >= 0.3 is 5.97 Å². The van der Waals surface area contributed by atoms with Gasteiger partial charge < -0.3 is 15.2 Å². The average Bonchev–Trinajstić information content (AvgIpc) is 2.33. The number of rotatable bonds is 6. The third kappa shape index (κ3) is 4.56. The Morgan fingerprint density at radius 1 is 1.32 bits per heavy atom. The Bertz CT molecular complexity index is 420. The molecule has 0 heterocycles. The summed E-state index contributed by atoms with van der Waals surface area (Å²) in [6.07, 6.45) is 0.916. The lowest BCUT2D eigenvalue weighted by Gasteiger charge is -2.16. The van der Waals surface area contributed by atoms with Crippen LogP contribution in [0.15, 0.2) is 12.1 Å². The highest BCUT2D eigenvalue weighted by Gasteiger charge is 2.14. The molecule has 106 valence electrons. The van der Waals surface area contributed by atoms with E-state index in [9.17, 15) is 4.79 Å². The first-order chi connectivity index (χ1) is 8.97. The molecule has 0 saturated heterocycles. The van der Waals surface area contributed by atoms with Crippen LogP contribution in [0, 0.1) is 13.8 Å². The molecule has 1 aromatic carbocycles. The Labute approximate surface area is 114 Å². The van der Waals surface area contributed by atoms with E-state index in [1.54, 1.807) is 14.0 Å². The second-order valence-electron chi connectivity index (χ2n) is 4.71. The van der Waals surface area contributed by atoms with Crippen molar-refractivity contribution in [2.24, 2.45) is 5.73 Å². The Balaban J connectivity index is 2.74. The van der Waals surface area contributed by atoms with Crippen LogP contribution in [0.5, 0.6) is 5.75 Å². The van der Waals surface area contributed by atoms with Crippen molar-refractivity contribution >= 4 is 5.97 Å². The molecular formula is C15H23NO3. The fourth-order valence-corrected chi connectivity index (χ4v) is 2.16. The summed E-state index contributed by atoms with van der Waals surface area (Å²) in [5.74, 6) is 0.608. The molecular weight excluding hydrogens is 242 g/mol. The summed E-state index contributed by atoms with van der Waals surface area (Å²) in [4.78, 5) is 11.4. The van der Waals surface area contributed by atoms with Crippen molar-refractivity contribution in [3.63, 3.8) is 0 Å². The zero-order valence-electron chi connectivity index (χ0n) is 12.2. The lowest BCUT2D eigenvalue weighted by atomic mass is 9.95. The topological polar surface area (TPSA) is 61.5 Å². The summed E-state index contributed by atoms with van der Waals surface area (Å²) in [7, 11) is 1.65. The zero-order valence-corrected chi connectivity index (χ0v) is 12.2. The van der Waals surface area contributed by atoms with E-state index in [4.69, 9.17) is 15.2 Å². The number of aryl methyl sites for hydroxylation is 2. The minimum absolute atomic E-state index is 0.218. The molecule has 0 aliphatic heterocycles. The second kappa shape index (κ2) is 7.14. The Hall–Kier alpha value is -1.55. The van der Waals surface area contributed by atoms with E-state index in [1.807, 2.05) is 26.0 Å². The van der Waals surface area contributed by atoms with Crippen molar-refractivity contribution in [3.8, 4) is 5.75 Å². The van der Waals surface area contributed by atoms with E-state index in [0.717, 1.165) is 16.9 Å². The number of ether oxygens (including phenoxy) is 2. The molecule has 0 radical (unpaired) electrons. The smallest absolute Gasteiger partial charge is 0.307 e. The van der Waals surface area contributed by atoms with Crippen molar-refractivity contribution in [2.75, 3.05) is 13.7 Å². The fraction of sp³-hybridized carbons (Fsp3) is 0.533. The number of nitrogens with two attached hydrogens (primary N) is 1. The Morgan fingerprint density at radius 2 is 1.89 bits per heavy atom. The molecule has 0 aliphatic carbocycles. The van der Waals surface area contributed by atoms with Crippen LogP contribution in [-0.4, -0.2) is 25.7 Å². The summed E-state index contributed by atoms with van der Waals surface area (Å²) in [5.41, 5.74) is 9.46. The van der Waals surface area contributed by atoms with E-state index in [-0.39, 0.29) is 18.4 Å². The molecule has 2 N–H and O–H groups in total. The van der Waals surface area contributed by atoms with Crippen LogP contribution in [0.25, 0.3) is 0 Å². The molecule has 4 nitrogen and oxygen atoms in total. The minimum Gasteiger partial charge on any atom is -0.497 e. The van der Waals surface area contributed by atoms with Crippen LogP contribution in [0.2, 0.25) is 0 Å². The van der Waals surface area contributed by atoms with E-state index >= 15 is 0 Å². The van der Waals surface area contributed by atoms with Gasteiger partial charge in [0.15, 0.2) is 0 Å². The highest BCUT2D eigenvalue weighted by Crippen LogP contribution is 2.23. The number of esters is 1. The highest BCUT2D eigenvalue weighted by molar-refractivity contribution is 5.70. The summed E-state index contributed by atoms with van der Waals surface area (Å²) in [5, 5.41) is 0. The quantitative estimate of drug-likeness (QED) is 0.800. The number of benzene rings is 1. The number of hydrogen-bond acceptors (Lipinski definition) is 4. The maximum absolute atomic E-state index is 11.4. The van der Waals surface area contributed by atoms with Crippen molar-refractivity contribution < 1.29 is 14.3 Å². The SMILES string of the molecule is CCOC(=O)CC(N)Cc1c(C)cc(OC)cc1C. The molecule has 1 unspecified atom stereocenters. The van der Waals surface area contributed by atoms with Gasteiger partial charge in [-0.15, -0.1) is 0 Å². The van der Waals surface area contributed by atoms with Gasteiger partial charge in [-0.05, 0) is 56.0 Å². The third-order valence-corrected chi connectivity index (χ3v) is 3.11. The molecule has 0 aliphatic rings. The molecule has 0 spiro atoms. The van der Waals surface area contributed by atoms with Crippen molar-refractivity contribution in [3.05, 3.63) is 28.8 Å². The Kier molecular flexibility index (Phi) is 5.83. The lowest BCUT2D eigenvalue weighted by molar-refractivity contribution is -0.143. The molecule has 1 aromatic rings. The lowest BCUT2D eigenvalue weighted by Crippen LogP contribution is -2.27. The van der Waals surface area contributed by atoms with Gasteiger partial charge in [0.05, 0.1) is 20.1 Å². The molecule has 0 amide bonds. The fourth-order valence-electron chi connectivity index (χ4n) is 2.16. The van der Waals surface area contributed by atoms with Crippen LogP contribution in [0.1, 0.15) is 30.0 Å². The van der Waals surface area contributed by atoms with Crippen molar-refractivity contribution in [2.45, 2.75) is 39.7 Å². The van der Waals surface area contributed by atoms with Gasteiger partial charge in [-0.3, -0.25) is 4.79 Å². The predicted octanol–water partition coefficient (Wildman–Crippen LogP) is 2.14. The largest absolute Gasteiger partial charge is 0.497 e. The van der Waals surface area contributed by atoms with Gasteiger partial charge in [-0.1, -0.05) is 0 Å². The summed E-state index contributed by atoms with van der Waals surface area (Å²) < 4.78 is 10.1. The van der Waals surface area contributed by atoms with E-state index < -0.39 is 0 Å². The van der Waals surface area contributed by atoms with Gasteiger partial charge in [-0.25, -0.2) is 0 Å². The molecule has 19 heavy (non-hydrogen) atoms. The molecule has 0 bridgehead atoms. The average molecular weight is 265 g/mol. The number of methoxy groups -OCH3 is 1. The number of hydrogen-bond donors (Lipinski definition) is 1. The van der Waals surface area contributed by atoms with E-state index in [0.29, 0.717) is 13.0 Å². The van der Waals surface area contributed by atoms with E-state index in [2.05, 4.69) is 0 Å². The van der Waals surface area contributed by atoms with Crippen molar-refractivity contribution in [1.29, 1.82) is 0 Å². The van der Waals surface area contributed by atoms with Crippen molar-refractivity contribution in [1.82, 2.24) is 0 Å². The van der Waals surface area contributed by atoms with Gasteiger partial charge in [-0.2, -0.15) is 0 Å². The van der Waals surface area contributed by atoms with Crippen LogP contribution in [0.3, 0.4) is 0 Å². The van der Waals surface area contributed by atoms with Crippen LogP contribution < -0.4 is 10.5 Å². The van der Waals surface area contributed by atoms with Gasteiger partial charge in [0.1, 0.15) is 5.75 Å². The summed E-state index contributed by atoms with van der Waals surface area (Å²) in [6.45, 7) is 6.25. The number of carbonyl (C=O) groups excluding carboxylic acids is 1. The highest BCUT2D eigenvalue weighted by atomic mass is 16.5. The van der Waals surface area contributed by atoms with E-state index in [1.165, 1.54) is 5.56 Å². The molecule has 1 atom stereocenters. The molecule has 0 aromatic heterocycles. The van der Waals surface area contributed by atoms with Gasteiger partial charge in [0, 0.05) is 6.04 Å². The first kappa shape index (κ1) is 15.5.